The van der Waals surface area contributed by atoms with Gasteiger partial charge in [0.25, 0.3) is 5.91 Å². The van der Waals surface area contributed by atoms with Crippen LogP contribution in [0.3, 0.4) is 0 Å². The molecule has 0 saturated heterocycles. The van der Waals surface area contributed by atoms with Gasteiger partial charge in [0.2, 0.25) is 0 Å². The molecule has 1 aliphatic heterocycles. The summed E-state index contributed by atoms with van der Waals surface area (Å²) in [4.78, 5) is 16.0. The standard InChI is InChI=1S/C12H16N4O/c1-12(2,3)9-6-11(17)16(15-9)10-5-4-8(13)7-14-10/h4-5,7H,6,13H2,1-3H3. The molecule has 1 aromatic rings. The zero-order valence-electron chi connectivity index (χ0n) is 10.3. The van der Waals surface area contributed by atoms with E-state index in [2.05, 4.69) is 10.1 Å². The van der Waals surface area contributed by atoms with E-state index in [1.165, 1.54) is 11.2 Å². The van der Waals surface area contributed by atoms with Crippen molar-refractivity contribution in [2.75, 3.05) is 10.7 Å². The highest BCUT2D eigenvalue weighted by Crippen LogP contribution is 2.27. The van der Waals surface area contributed by atoms with E-state index in [9.17, 15) is 4.79 Å². The molecule has 5 nitrogen and oxygen atoms in total. The molecule has 0 radical (unpaired) electrons. The van der Waals surface area contributed by atoms with Crippen LogP contribution in [-0.4, -0.2) is 16.6 Å². The Balaban J connectivity index is 2.31. The van der Waals surface area contributed by atoms with Gasteiger partial charge in [0.05, 0.1) is 24.0 Å². The molecule has 5 heteroatoms. The van der Waals surface area contributed by atoms with Gasteiger partial charge < -0.3 is 5.73 Å². The summed E-state index contributed by atoms with van der Waals surface area (Å²) in [5.74, 6) is 0.468. The number of anilines is 2. The summed E-state index contributed by atoms with van der Waals surface area (Å²) in [6.45, 7) is 6.12. The van der Waals surface area contributed by atoms with Crippen molar-refractivity contribution >= 4 is 23.1 Å². The van der Waals surface area contributed by atoms with Gasteiger partial charge in [-0.1, -0.05) is 20.8 Å². The molecule has 0 aromatic carbocycles. The molecule has 1 amide bonds. The smallest absolute Gasteiger partial charge is 0.254 e. The zero-order valence-corrected chi connectivity index (χ0v) is 10.3. The van der Waals surface area contributed by atoms with E-state index in [1.54, 1.807) is 12.1 Å². The lowest BCUT2D eigenvalue weighted by Gasteiger charge is -2.16. The van der Waals surface area contributed by atoms with Crippen molar-refractivity contribution in [3.8, 4) is 0 Å². The van der Waals surface area contributed by atoms with E-state index in [-0.39, 0.29) is 11.3 Å². The molecule has 0 atom stereocenters. The second kappa shape index (κ2) is 3.84. The summed E-state index contributed by atoms with van der Waals surface area (Å²) in [5.41, 5.74) is 6.90. The molecule has 1 aromatic heterocycles. The van der Waals surface area contributed by atoms with E-state index in [0.717, 1.165) is 5.71 Å². The Hall–Kier alpha value is -1.91. The van der Waals surface area contributed by atoms with Crippen molar-refractivity contribution in [3.63, 3.8) is 0 Å². The van der Waals surface area contributed by atoms with Gasteiger partial charge in [0.15, 0.2) is 5.82 Å². The Labute approximate surface area is 100 Å². The van der Waals surface area contributed by atoms with Crippen LogP contribution in [0.2, 0.25) is 0 Å². The highest BCUT2D eigenvalue weighted by molar-refractivity contribution is 6.14. The summed E-state index contributed by atoms with van der Waals surface area (Å²) in [7, 11) is 0. The van der Waals surface area contributed by atoms with Crippen LogP contribution >= 0.6 is 0 Å². The molecule has 0 saturated carbocycles. The van der Waals surface area contributed by atoms with Gasteiger partial charge >= 0.3 is 0 Å². The van der Waals surface area contributed by atoms with E-state index in [0.29, 0.717) is 17.9 Å². The Kier molecular flexibility index (Phi) is 2.61. The molecule has 1 aliphatic rings. The van der Waals surface area contributed by atoms with Gasteiger partial charge in [0.1, 0.15) is 0 Å². The molecule has 0 unspecified atom stereocenters. The predicted octanol–water partition coefficient (Wildman–Crippen LogP) is 1.80. The average molecular weight is 232 g/mol. The number of rotatable bonds is 1. The summed E-state index contributed by atoms with van der Waals surface area (Å²) in [5, 5.41) is 5.68. The maximum atomic E-state index is 11.9. The quantitative estimate of drug-likeness (QED) is 0.802. The molecular formula is C12H16N4O. The SMILES string of the molecule is CC(C)(C)C1=NN(c2ccc(N)cn2)C(=O)C1. The van der Waals surface area contributed by atoms with Crippen LogP contribution in [0, 0.1) is 5.41 Å². The van der Waals surface area contributed by atoms with E-state index >= 15 is 0 Å². The summed E-state index contributed by atoms with van der Waals surface area (Å²) in [6, 6.07) is 3.41. The number of nitrogens with zero attached hydrogens (tertiary/aromatic N) is 3. The predicted molar refractivity (Wildman–Crippen MR) is 67.6 cm³/mol. The first-order chi connectivity index (χ1) is 7.88. The number of amides is 1. The summed E-state index contributed by atoms with van der Waals surface area (Å²) in [6.07, 6.45) is 1.88. The van der Waals surface area contributed by atoms with E-state index in [4.69, 9.17) is 5.73 Å². The van der Waals surface area contributed by atoms with Crippen molar-refractivity contribution in [1.82, 2.24) is 4.98 Å². The Morgan fingerprint density at radius 1 is 1.35 bits per heavy atom. The Morgan fingerprint density at radius 2 is 2.06 bits per heavy atom. The molecule has 0 bridgehead atoms. The number of hydrazone groups is 1. The maximum absolute atomic E-state index is 11.9. The largest absolute Gasteiger partial charge is 0.397 e. The Morgan fingerprint density at radius 3 is 2.53 bits per heavy atom. The first-order valence-electron chi connectivity index (χ1n) is 5.50. The van der Waals surface area contributed by atoms with Crippen LogP contribution in [0.15, 0.2) is 23.4 Å². The van der Waals surface area contributed by atoms with Crippen molar-refractivity contribution < 1.29 is 4.79 Å². The number of aromatic nitrogens is 1. The van der Waals surface area contributed by atoms with Gasteiger partial charge in [-0.2, -0.15) is 10.1 Å². The van der Waals surface area contributed by atoms with Gasteiger partial charge in [-0.05, 0) is 12.1 Å². The third kappa shape index (κ3) is 2.27. The lowest BCUT2D eigenvalue weighted by atomic mass is 9.88. The second-order valence-corrected chi connectivity index (χ2v) is 5.13. The fraction of sp³-hybridized carbons (Fsp3) is 0.417. The van der Waals surface area contributed by atoms with Gasteiger partial charge in [0, 0.05) is 5.41 Å². The van der Waals surface area contributed by atoms with Crippen LogP contribution < -0.4 is 10.7 Å². The van der Waals surface area contributed by atoms with Crippen molar-refractivity contribution in [2.45, 2.75) is 27.2 Å². The van der Waals surface area contributed by atoms with Gasteiger partial charge in [-0.3, -0.25) is 4.79 Å². The Bertz CT molecular complexity index is 470. The first kappa shape index (κ1) is 11.6. The van der Waals surface area contributed by atoms with E-state index in [1.807, 2.05) is 20.8 Å². The minimum Gasteiger partial charge on any atom is -0.397 e. The number of nitrogen functional groups attached to an aromatic ring is 1. The van der Waals surface area contributed by atoms with Crippen LogP contribution in [0.5, 0.6) is 0 Å². The highest BCUT2D eigenvalue weighted by atomic mass is 16.2. The fourth-order valence-corrected chi connectivity index (χ4v) is 1.55. The van der Waals surface area contributed by atoms with Gasteiger partial charge in [-0.25, -0.2) is 4.98 Å². The molecule has 0 aliphatic carbocycles. The number of hydrogen-bond donors (Lipinski definition) is 1. The molecule has 2 rings (SSSR count). The monoisotopic (exact) mass is 232 g/mol. The highest BCUT2D eigenvalue weighted by Gasteiger charge is 2.32. The fourth-order valence-electron chi connectivity index (χ4n) is 1.55. The topological polar surface area (TPSA) is 71.6 Å². The first-order valence-corrected chi connectivity index (χ1v) is 5.50. The van der Waals surface area contributed by atoms with Crippen molar-refractivity contribution in [3.05, 3.63) is 18.3 Å². The minimum atomic E-state index is -0.0990. The van der Waals surface area contributed by atoms with Crippen LogP contribution in [-0.2, 0) is 4.79 Å². The third-order valence-electron chi connectivity index (χ3n) is 2.63. The molecule has 0 spiro atoms. The van der Waals surface area contributed by atoms with Crippen molar-refractivity contribution in [1.29, 1.82) is 0 Å². The molecule has 0 fully saturated rings. The lowest BCUT2D eigenvalue weighted by molar-refractivity contribution is -0.117. The molecule has 2 N–H and O–H groups in total. The summed E-state index contributed by atoms with van der Waals surface area (Å²) < 4.78 is 0. The normalized spacial score (nSPS) is 16.3. The maximum Gasteiger partial charge on any atom is 0.254 e. The lowest BCUT2D eigenvalue weighted by Crippen LogP contribution is -2.21. The van der Waals surface area contributed by atoms with Crippen LogP contribution in [0.4, 0.5) is 11.5 Å². The second-order valence-electron chi connectivity index (χ2n) is 5.13. The molecule has 90 valence electrons. The zero-order chi connectivity index (χ0) is 12.6. The van der Waals surface area contributed by atoms with Gasteiger partial charge in [-0.15, -0.1) is 0 Å². The number of hydrogen-bond acceptors (Lipinski definition) is 4. The van der Waals surface area contributed by atoms with Crippen molar-refractivity contribution in [2.24, 2.45) is 10.5 Å². The number of nitrogens with two attached hydrogens (primary N) is 1. The third-order valence-corrected chi connectivity index (χ3v) is 2.63. The molecule has 17 heavy (non-hydrogen) atoms. The van der Waals surface area contributed by atoms with Crippen LogP contribution in [0.1, 0.15) is 27.2 Å². The average Bonchev–Trinajstić information content (AvgIpc) is 2.61. The summed E-state index contributed by atoms with van der Waals surface area (Å²) >= 11 is 0. The van der Waals surface area contributed by atoms with Crippen LogP contribution in [0.25, 0.3) is 0 Å². The molecule has 2 heterocycles. The number of pyridine rings is 1. The van der Waals surface area contributed by atoms with E-state index < -0.39 is 0 Å². The number of carbonyl (C=O) groups excluding carboxylic acids is 1. The molecular weight excluding hydrogens is 216 g/mol. The number of carbonyl (C=O) groups is 1. The minimum absolute atomic E-state index is 0.0489.